The number of aryl methyl sites for hydroxylation is 1. The van der Waals surface area contributed by atoms with E-state index in [1.165, 1.54) is 37.7 Å². The van der Waals surface area contributed by atoms with Crippen molar-refractivity contribution in [2.24, 2.45) is 5.92 Å². The number of rotatable bonds is 9. The normalized spacial score (nSPS) is 14.5. The van der Waals surface area contributed by atoms with E-state index < -0.39 is 0 Å². The second-order valence-corrected chi connectivity index (χ2v) is 9.26. The molecule has 1 fully saturated rings. The number of pyridine rings is 1. The highest BCUT2D eigenvalue weighted by Crippen LogP contribution is 2.29. The Morgan fingerprint density at radius 3 is 2.65 bits per heavy atom. The van der Waals surface area contributed by atoms with Gasteiger partial charge in [0.05, 0.1) is 0 Å². The summed E-state index contributed by atoms with van der Waals surface area (Å²) in [5, 5.41) is 19.4. The highest BCUT2D eigenvalue weighted by molar-refractivity contribution is 5.79. The maximum atomic E-state index is 5.00. The number of aromatic nitrogens is 8. The van der Waals surface area contributed by atoms with E-state index in [1.807, 2.05) is 6.07 Å². The van der Waals surface area contributed by atoms with E-state index in [9.17, 15) is 0 Å². The molecule has 34 heavy (non-hydrogen) atoms. The van der Waals surface area contributed by atoms with Crippen LogP contribution in [0.15, 0.2) is 42.7 Å². The average Bonchev–Trinajstić information content (AvgIpc) is 3.54. The first kappa shape index (κ1) is 22.4. The van der Waals surface area contributed by atoms with E-state index in [4.69, 9.17) is 10.1 Å². The largest absolute Gasteiger partial charge is 0.264 e. The van der Waals surface area contributed by atoms with Gasteiger partial charge in [-0.25, -0.2) is 9.67 Å². The zero-order valence-electron chi connectivity index (χ0n) is 19.8. The molecule has 0 radical (unpaired) electrons. The van der Waals surface area contributed by atoms with Gasteiger partial charge in [0.15, 0.2) is 5.82 Å². The van der Waals surface area contributed by atoms with Crippen LogP contribution in [0.25, 0.3) is 22.5 Å². The standard InChI is InChI=1S/C26H32N8/c1-2-3-15-34-25(28-24(31-34)16-19-7-5-4-6-8-19)17-20-9-11-21(12-10-20)22-13-14-27-18-23(22)26-29-32-33-30-26/h9-14,18-19H,2-8,15-17H2,1H3,(H,29,30,32,33). The fraction of sp³-hybridized carbons (Fsp3) is 0.462. The molecule has 0 atom stereocenters. The molecule has 176 valence electrons. The Kier molecular flexibility index (Phi) is 7.02. The fourth-order valence-electron chi connectivity index (χ4n) is 4.86. The number of hydrogen-bond acceptors (Lipinski definition) is 6. The number of H-pyrrole nitrogens is 1. The summed E-state index contributed by atoms with van der Waals surface area (Å²) in [4.78, 5) is 9.24. The van der Waals surface area contributed by atoms with Crippen molar-refractivity contribution in [1.29, 1.82) is 0 Å². The van der Waals surface area contributed by atoms with E-state index in [0.717, 1.165) is 66.5 Å². The van der Waals surface area contributed by atoms with Crippen molar-refractivity contribution in [2.75, 3.05) is 0 Å². The fourth-order valence-corrected chi connectivity index (χ4v) is 4.86. The molecule has 3 heterocycles. The van der Waals surface area contributed by atoms with E-state index in [2.05, 4.69) is 61.5 Å². The predicted molar refractivity (Wildman–Crippen MR) is 131 cm³/mol. The smallest absolute Gasteiger partial charge is 0.206 e. The van der Waals surface area contributed by atoms with E-state index in [-0.39, 0.29) is 0 Å². The Morgan fingerprint density at radius 2 is 1.88 bits per heavy atom. The molecule has 1 saturated carbocycles. The molecular weight excluding hydrogens is 424 g/mol. The number of unbranched alkanes of at least 4 members (excludes halogenated alkanes) is 1. The molecule has 1 aliphatic rings. The monoisotopic (exact) mass is 456 g/mol. The van der Waals surface area contributed by atoms with Crippen molar-refractivity contribution in [3.05, 3.63) is 59.9 Å². The minimum Gasteiger partial charge on any atom is -0.264 e. The van der Waals surface area contributed by atoms with Crippen molar-refractivity contribution in [3.8, 4) is 22.5 Å². The lowest BCUT2D eigenvalue weighted by molar-refractivity contribution is 0.351. The molecule has 4 aromatic rings. The Morgan fingerprint density at radius 1 is 1.03 bits per heavy atom. The van der Waals surface area contributed by atoms with Crippen LogP contribution in [0.3, 0.4) is 0 Å². The van der Waals surface area contributed by atoms with Gasteiger partial charge < -0.3 is 0 Å². The zero-order chi connectivity index (χ0) is 23.2. The number of nitrogens with one attached hydrogen (secondary N) is 1. The van der Waals surface area contributed by atoms with Crippen molar-refractivity contribution in [1.82, 2.24) is 40.4 Å². The lowest BCUT2D eigenvalue weighted by atomic mass is 9.87. The van der Waals surface area contributed by atoms with Gasteiger partial charge in [-0.05, 0) is 40.3 Å². The van der Waals surface area contributed by atoms with Crippen molar-refractivity contribution >= 4 is 0 Å². The van der Waals surface area contributed by atoms with Crippen LogP contribution in [-0.4, -0.2) is 40.4 Å². The minimum absolute atomic E-state index is 0.543. The summed E-state index contributed by atoms with van der Waals surface area (Å²) in [6, 6.07) is 10.6. The van der Waals surface area contributed by atoms with Gasteiger partial charge in [-0.3, -0.25) is 4.98 Å². The Labute approximate surface area is 200 Å². The number of aromatic amines is 1. The van der Waals surface area contributed by atoms with Crippen molar-refractivity contribution in [3.63, 3.8) is 0 Å². The minimum atomic E-state index is 0.543. The van der Waals surface area contributed by atoms with E-state index in [1.54, 1.807) is 12.4 Å². The highest BCUT2D eigenvalue weighted by Gasteiger charge is 2.18. The van der Waals surface area contributed by atoms with Gasteiger partial charge in [-0.2, -0.15) is 10.3 Å². The van der Waals surface area contributed by atoms with Crippen LogP contribution in [0, 0.1) is 5.92 Å². The van der Waals surface area contributed by atoms with Crippen LogP contribution < -0.4 is 0 Å². The molecule has 8 heteroatoms. The molecular formula is C26H32N8. The summed E-state index contributed by atoms with van der Waals surface area (Å²) in [6.07, 6.45) is 14.4. The third kappa shape index (κ3) is 5.21. The molecule has 5 rings (SSSR count). The first-order valence-electron chi connectivity index (χ1n) is 12.5. The molecule has 0 amide bonds. The number of benzene rings is 1. The van der Waals surface area contributed by atoms with E-state index in [0.29, 0.717) is 5.82 Å². The lowest BCUT2D eigenvalue weighted by Crippen LogP contribution is -2.10. The summed E-state index contributed by atoms with van der Waals surface area (Å²) in [5.41, 5.74) is 4.21. The van der Waals surface area contributed by atoms with Gasteiger partial charge in [0.1, 0.15) is 5.82 Å². The molecule has 0 spiro atoms. The molecule has 0 unspecified atom stereocenters. The second-order valence-electron chi connectivity index (χ2n) is 9.26. The Bertz CT molecular complexity index is 1170. The van der Waals surface area contributed by atoms with Gasteiger partial charge in [0, 0.05) is 37.3 Å². The van der Waals surface area contributed by atoms with E-state index >= 15 is 0 Å². The summed E-state index contributed by atoms with van der Waals surface area (Å²) in [6.45, 7) is 3.16. The maximum Gasteiger partial charge on any atom is 0.206 e. The molecule has 3 aromatic heterocycles. The quantitative estimate of drug-likeness (QED) is 0.379. The first-order valence-corrected chi connectivity index (χ1v) is 12.5. The maximum absolute atomic E-state index is 5.00. The predicted octanol–water partition coefficient (Wildman–Crippen LogP) is 5.03. The number of tetrazole rings is 1. The molecule has 0 aliphatic heterocycles. The van der Waals surface area contributed by atoms with Crippen LogP contribution >= 0.6 is 0 Å². The summed E-state index contributed by atoms with van der Waals surface area (Å²) < 4.78 is 2.15. The van der Waals surface area contributed by atoms with Crippen molar-refractivity contribution in [2.45, 2.75) is 71.3 Å². The Balaban J connectivity index is 1.34. The van der Waals surface area contributed by atoms with Crippen LogP contribution in [0.4, 0.5) is 0 Å². The summed E-state index contributed by atoms with van der Waals surface area (Å²) >= 11 is 0. The number of hydrogen-bond donors (Lipinski definition) is 1. The van der Waals surface area contributed by atoms with Crippen LogP contribution in [0.2, 0.25) is 0 Å². The molecule has 8 nitrogen and oxygen atoms in total. The summed E-state index contributed by atoms with van der Waals surface area (Å²) in [7, 11) is 0. The van der Waals surface area contributed by atoms with Gasteiger partial charge in [-0.1, -0.05) is 69.7 Å². The van der Waals surface area contributed by atoms with Gasteiger partial charge in [0.25, 0.3) is 0 Å². The SMILES string of the molecule is CCCCn1nc(CC2CCCCC2)nc1Cc1ccc(-c2ccncc2-c2nn[nH]n2)cc1. The summed E-state index contributed by atoms with van der Waals surface area (Å²) in [5.74, 6) is 3.39. The van der Waals surface area contributed by atoms with Gasteiger partial charge in [0.2, 0.25) is 5.82 Å². The average molecular weight is 457 g/mol. The molecule has 1 aromatic carbocycles. The third-order valence-electron chi connectivity index (χ3n) is 6.75. The van der Waals surface area contributed by atoms with Crippen molar-refractivity contribution < 1.29 is 0 Å². The molecule has 0 bridgehead atoms. The molecule has 1 aliphatic carbocycles. The molecule has 1 N–H and O–H groups in total. The molecule has 0 saturated heterocycles. The number of nitrogens with zero attached hydrogens (tertiary/aromatic N) is 7. The van der Waals surface area contributed by atoms with Gasteiger partial charge in [-0.15, -0.1) is 10.2 Å². The Hall–Kier alpha value is -3.42. The second kappa shape index (κ2) is 10.7. The topological polar surface area (TPSA) is 98.1 Å². The van der Waals surface area contributed by atoms with Crippen LogP contribution in [0.1, 0.15) is 69.1 Å². The highest BCUT2D eigenvalue weighted by atomic mass is 15.5. The zero-order valence-corrected chi connectivity index (χ0v) is 19.8. The first-order chi connectivity index (χ1) is 16.8. The van der Waals surface area contributed by atoms with Crippen LogP contribution in [-0.2, 0) is 19.4 Å². The lowest BCUT2D eigenvalue weighted by Gasteiger charge is -2.19. The van der Waals surface area contributed by atoms with Crippen LogP contribution in [0.5, 0.6) is 0 Å². The third-order valence-corrected chi connectivity index (χ3v) is 6.75. The van der Waals surface area contributed by atoms with Gasteiger partial charge >= 0.3 is 0 Å².